The van der Waals surface area contributed by atoms with Gasteiger partial charge in [-0.3, -0.25) is 4.79 Å². The van der Waals surface area contributed by atoms with Crippen LogP contribution in [0.4, 0.5) is 0 Å². The number of hydrogen-bond donors (Lipinski definition) is 0. The van der Waals surface area contributed by atoms with Gasteiger partial charge in [-0.2, -0.15) is 16.7 Å². The Morgan fingerprint density at radius 3 is 3.14 bits per heavy atom. The average Bonchev–Trinajstić information content (AvgIpc) is 2.75. The molecule has 1 aliphatic rings. The van der Waals surface area contributed by atoms with Crippen LogP contribution in [0.3, 0.4) is 0 Å². The van der Waals surface area contributed by atoms with Crippen LogP contribution in [0.2, 0.25) is 0 Å². The molecule has 1 aromatic heterocycles. The van der Waals surface area contributed by atoms with E-state index in [0.29, 0.717) is 11.1 Å². The summed E-state index contributed by atoms with van der Waals surface area (Å²) >= 11 is 1.94. The summed E-state index contributed by atoms with van der Waals surface area (Å²) in [4.78, 5) is 14.9. The highest BCUT2D eigenvalue weighted by molar-refractivity contribution is 8.00. The molecule has 0 aliphatic carbocycles. The maximum atomic E-state index is 10.9. The van der Waals surface area contributed by atoms with Crippen molar-refractivity contribution in [3.05, 3.63) is 11.7 Å². The Morgan fingerprint density at radius 1 is 1.71 bits per heavy atom. The highest BCUT2D eigenvalue weighted by Gasteiger charge is 2.19. The number of aromatic nitrogens is 2. The smallest absolute Gasteiger partial charge is 0.238 e. The molecule has 2 heterocycles. The van der Waals surface area contributed by atoms with Gasteiger partial charge in [-0.25, -0.2) is 0 Å². The van der Waals surface area contributed by atoms with Gasteiger partial charge < -0.3 is 4.52 Å². The lowest BCUT2D eigenvalue weighted by atomic mass is 10.2. The summed E-state index contributed by atoms with van der Waals surface area (Å²) in [5.41, 5.74) is 0. The minimum Gasteiger partial charge on any atom is -0.339 e. The molecular weight excluding hydrogens is 200 g/mol. The van der Waals surface area contributed by atoms with E-state index in [-0.39, 0.29) is 11.6 Å². The van der Waals surface area contributed by atoms with Crippen LogP contribution in [0.1, 0.15) is 36.3 Å². The van der Waals surface area contributed by atoms with Gasteiger partial charge >= 0.3 is 0 Å². The third-order valence-electron chi connectivity index (χ3n) is 2.21. The minimum absolute atomic E-state index is 0.140. The fraction of sp³-hybridized carbons (Fsp3) is 0.667. The van der Waals surface area contributed by atoms with Gasteiger partial charge in [0.15, 0.2) is 0 Å². The van der Waals surface area contributed by atoms with E-state index in [1.807, 2.05) is 11.8 Å². The Bertz CT molecular complexity index is 331. The average molecular weight is 212 g/mol. The van der Waals surface area contributed by atoms with E-state index in [1.54, 1.807) is 0 Å². The van der Waals surface area contributed by atoms with Crippen molar-refractivity contribution in [3.8, 4) is 0 Å². The van der Waals surface area contributed by atoms with E-state index in [4.69, 9.17) is 4.52 Å². The first kappa shape index (κ1) is 9.71. The molecule has 1 unspecified atom stereocenters. The zero-order valence-electron chi connectivity index (χ0n) is 8.02. The van der Waals surface area contributed by atoms with Crippen molar-refractivity contribution < 1.29 is 9.32 Å². The molecule has 0 N–H and O–H groups in total. The SMILES string of the molecule is CC(=O)c1noc(CC2CCCS2)n1. The highest BCUT2D eigenvalue weighted by Crippen LogP contribution is 2.28. The van der Waals surface area contributed by atoms with Crippen molar-refractivity contribution in [2.45, 2.75) is 31.4 Å². The van der Waals surface area contributed by atoms with Crippen molar-refractivity contribution >= 4 is 17.5 Å². The first-order valence-corrected chi connectivity index (χ1v) is 5.75. The molecule has 1 atom stereocenters. The second kappa shape index (κ2) is 4.13. The van der Waals surface area contributed by atoms with E-state index < -0.39 is 0 Å². The maximum absolute atomic E-state index is 10.9. The molecule has 1 aliphatic heterocycles. The van der Waals surface area contributed by atoms with Crippen molar-refractivity contribution in [1.82, 2.24) is 10.1 Å². The van der Waals surface area contributed by atoms with E-state index >= 15 is 0 Å². The molecule has 14 heavy (non-hydrogen) atoms. The Kier molecular flexibility index (Phi) is 2.86. The molecular formula is C9H12N2O2S. The van der Waals surface area contributed by atoms with Crippen LogP contribution in [0.15, 0.2) is 4.52 Å². The molecule has 1 saturated heterocycles. The standard InChI is InChI=1S/C9H12N2O2S/c1-6(12)9-10-8(13-11-9)5-7-3-2-4-14-7/h7H,2-5H2,1H3. The molecule has 0 radical (unpaired) electrons. The largest absolute Gasteiger partial charge is 0.339 e. The van der Waals surface area contributed by atoms with Crippen LogP contribution >= 0.6 is 11.8 Å². The number of ketones is 1. The summed E-state index contributed by atoms with van der Waals surface area (Å²) in [7, 11) is 0. The first-order chi connectivity index (χ1) is 6.75. The van der Waals surface area contributed by atoms with Gasteiger partial charge in [0.1, 0.15) is 0 Å². The van der Waals surface area contributed by atoms with Gasteiger partial charge in [-0.05, 0) is 18.6 Å². The fourth-order valence-electron chi connectivity index (χ4n) is 1.48. The van der Waals surface area contributed by atoms with Crippen LogP contribution in [-0.4, -0.2) is 26.9 Å². The molecule has 5 heteroatoms. The highest BCUT2D eigenvalue weighted by atomic mass is 32.2. The Labute approximate surface area is 86.4 Å². The lowest BCUT2D eigenvalue weighted by molar-refractivity contribution is 0.100. The number of rotatable bonds is 3. The summed E-state index contributed by atoms with van der Waals surface area (Å²) in [6.07, 6.45) is 3.27. The van der Waals surface area contributed by atoms with Gasteiger partial charge in [0.2, 0.25) is 17.5 Å². The van der Waals surface area contributed by atoms with Crippen molar-refractivity contribution in [1.29, 1.82) is 0 Å². The van der Waals surface area contributed by atoms with Crippen LogP contribution in [0.5, 0.6) is 0 Å². The van der Waals surface area contributed by atoms with Crippen LogP contribution in [-0.2, 0) is 6.42 Å². The van der Waals surface area contributed by atoms with Gasteiger partial charge in [0.25, 0.3) is 0 Å². The van der Waals surface area contributed by atoms with Crippen molar-refractivity contribution in [3.63, 3.8) is 0 Å². The quantitative estimate of drug-likeness (QED) is 0.714. The molecule has 1 aromatic rings. The summed E-state index contributed by atoms with van der Waals surface area (Å²) in [6.45, 7) is 1.44. The lowest BCUT2D eigenvalue weighted by Crippen LogP contribution is -2.02. The van der Waals surface area contributed by atoms with Crippen LogP contribution < -0.4 is 0 Å². The second-order valence-electron chi connectivity index (χ2n) is 3.41. The molecule has 0 spiro atoms. The number of Topliss-reactive ketones (excluding diaryl/α,β-unsaturated/α-hetero) is 1. The van der Waals surface area contributed by atoms with Crippen LogP contribution in [0, 0.1) is 0 Å². The maximum Gasteiger partial charge on any atom is 0.238 e. The molecule has 2 rings (SSSR count). The summed E-state index contributed by atoms with van der Waals surface area (Å²) in [5.74, 6) is 1.87. The second-order valence-corrected chi connectivity index (χ2v) is 4.82. The summed E-state index contributed by atoms with van der Waals surface area (Å²) < 4.78 is 4.99. The van der Waals surface area contributed by atoms with Crippen molar-refractivity contribution in [2.75, 3.05) is 5.75 Å². The van der Waals surface area contributed by atoms with E-state index in [9.17, 15) is 4.79 Å². The van der Waals surface area contributed by atoms with Crippen molar-refractivity contribution in [2.24, 2.45) is 0 Å². The Morgan fingerprint density at radius 2 is 2.57 bits per heavy atom. The number of hydrogen-bond acceptors (Lipinski definition) is 5. The lowest BCUT2D eigenvalue weighted by Gasteiger charge is -2.01. The summed E-state index contributed by atoms with van der Waals surface area (Å²) in [6, 6.07) is 0. The van der Waals surface area contributed by atoms with Gasteiger partial charge in [0.05, 0.1) is 0 Å². The zero-order valence-corrected chi connectivity index (χ0v) is 8.84. The molecule has 0 saturated carbocycles. The van der Waals surface area contributed by atoms with Crippen LogP contribution in [0.25, 0.3) is 0 Å². The number of nitrogens with zero attached hydrogens (tertiary/aromatic N) is 2. The monoisotopic (exact) mass is 212 g/mol. The Balaban J connectivity index is 1.98. The van der Waals surface area contributed by atoms with E-state index in [2.05, 4.69) is 10.1 Å². The Hall–Kier alpha value is -0.840. The number of thioether (sulfide) groups is 1. The first-order valence-electron chi connectivity index (χ1n) is 4.71. The third-order valence-corrected chi connectivity index (χ3v) is 3.61. The number of carbonyl (C=O) groups excluding carboxylic acids is 1. The summed E-state index contributed by atoms with van der Waals surface area (Å²) in [5, 5.41) is 4.21. The molecule has 76 valence electrons. The molecule has 0 amide bonds. The molecule has 1 fully saturated rings. The number of carbonyl (C=O) groups is 1. The van der Waals surface area contributed by atoms with Gasteiger partial charge in [0, 0.05) is 18.6 Å². The zero-order chi connectivity index (χ0) is 9.97. The molecule has 4 nitrogen and oxygen atoms in total. The predicted octanol–water partition coefficient (Wildman–Crippen LogP) is 1.71. The third kappa shape index (κ3) is 2.15. The van der Waals surface area contributed by atoms with E-state index in [0.717, 1.165) is 6.42 Å². The minimum atomic E-state index is -0.140. The van der Waals surface area contributed by atoms with E-state index in [1.165, 1.54) is 25.5 Å². The predicted molar refractivity (Wildman–Crippen MR) is 53.5 cm³/mol. The normalized spacial score (nSPS) is 21.4. The van der Waals surface area contributed by atoms with Gasteiger partial charge in [-0.15, -0.1) is 0 Å². The topological polar surface area (TPSA) is 56.0 Å². The molecule has 0 bridgehead atoms. The van der Waals surface area contributed by atoms with Gasteiger partial charge in [-0.1, -0.05) is 5.16 Å². The fourth-order valence-corrected chi connectivity index (χ4v) is 2.74. The molecule has 0 aromatic carbocycles.